The van der Waals surface area contributed by atoms with Crippen LogP contribution in [-0.4, -0.2) is 21.4 Å². The third kappa shape index (κ3) is 2.69. The van der Waals surface area contributed by atoms with Gasteiger partial charge in [-0.15, -0.1) is 0 Å². The van der Waals surface area contributed by atoms with Gasteiger partial charge in [-0.3, -0.25) is 10.1 Å². The Hall–Kier alpha value is -2.63. The molecular formula is C11H9N3O3. The number of aromatic nitrogens is 2. The van der Waals surface area contributed by atoms with Gasteiger partial charge in [0, 0.05) is 17.3 Å². The van der Waals surface area contributed by atoms with Gasteiger partial charge in [0.15, 0.2) is 0 Å². The molecule has 0 bridgehead atoms. The molecule has 6 heteroatoms. The number of aromatic amines is 1. The zero-order chi connectivity index (χ0) is 12.3. The summed E-state index contributed by atoms with van der Waals surface area (Å²) in [6, 6.07) is 9.66. The summed E-state index contributed by atoms with van der Waals surface area (Å²) < 4.78 is 0. The highest BCUT2D eigenvalue weighted by Gasteiger charge is 2.02. The molecule has 0 radical (unpaired) electrons. The van der Waals surface area contributed by atoms with Gasteiger partial charge >= 0.3 is 6.09 Å². The summed E-state index contributed by atoms with van der Waals surface area (Å²) in [4.78, 5) is 21.3. The molecule has 1 aromatic carbocycles. The lowest BCUT2D eigenvalue weighted by molar-refractivity contribution is 0.210. The maximum Gasteiger partial charge on any atom is 0.409 e. The van der Waals surface area contributed by atoms with Crippen molar-refractivity contribution >= 4 is 11.8 Å². The summed E-state index contributed by atoms with van der Waals surface area (Å²) in [7, 11) is 0. The molecule has 0 spiro atoms. The number of H-pyrrole nitrogens is 1. The Kier molecular flexibility index (Phi) is 2.87. The van der Waals surface area contributed by atoms with E-state index in [9.17, 15) is 9.59 Å². The van der Waals surface area contributed by atoms with Crippen LogP contribution in [-0.2, 0) is 0 Å². The largest absolute Gasteiger partial charge is 0.465 e. The smallest absolute Gasteiger partial charge is 0.409 e. The molecule has 86 valence electrons. The molecule has 17 heavy (non-hydrogen) atoms. The van der Waals surface area contributed by atoms with Crippen LogP contribution >= 0.6 is 0 Å². The van der Waals surface area contributed by atoms with E-state index in [1.165, 1.54) is 6.07 Å². The van der Waals surface area contributed by atoms with Crippen LogP contribution in [0.2, 0.25) is 0 Å². The summed E-state index contributed by atoms with van der Waals surface area (Å²) in [5.74, 6) is 0. The second kappa shape index (κ2) is 4.48. The Balaban J connectivity index is 2.35. The average Bonchev–Trinajstić information content (AvgIpc) is 2.29. The molecule has 2 aromatic rings. The molecule has 1 heterocycles. The highest BCUT2D eigenvalue weighted by Crippen LogP contribution is 2.19. The number of carboxylic acid groups (broad SMARTS) is 1. The number of rotatable bonds is 2. The van der Waals surface area contributed by atoms with E-state index in [4.69, 9.17) is 5.11 Å². The zero-order valence-electron chi connectivity index (χ0n) is 8.68. The fourth-order valence-electron chi connectivity index (χ4n) is 1.39. The van der Waals surface area contributed by atoms with Gasteiger partial charge in [0.1, 0.15) is 0 Å². The molecule has 6 nitrogen and oxygen atoms in total. The fourth-order valence-corrected chi connectivity index (χ4v) is 1.39. The predicted octanol–water partition coefficient (Wildman–Crippen LogP) is 1.53. The van der Waals surface area contributed by atoms with Crippen molar-refractivity contribution in [1.82, 2.24) is 10.2 Å². The standard InChI is InChI=1S/C11H9N3O3/c15-10-5-4-9(13-14-10)7-2-1-3-8(6-7)12-11(16)17/h1-6,12H,(H,14,15)(H,16,17). The Bertz CT molecular complexity index is 586. The summed E-state index contributed by atoms with van der Waals surface area (Å²) >= 11 is 0. The number of anilines is 1. The molecule has 0 unspecified atom stereocenters. The van der Waals surface area contributed by atoms with E-state index in [0.29, 0.717) is 16.9 Å². The first kappa shape index (κ1) is 10.9. The van der Waals surface area contributed by atoms with Crippen molar-refractivity contribution in [2.24, 2.45) is 0 Å². The van der Waals surface area contributed by atoms with E-state index >= 15 is 0 Å². The zero-order valence-corrected chi connectivity index (χ0v) is 8.68. The van der Waals surface area contributed by atoms with Crippen LogP contribution in [0.5, 0.6) is 0 Å². The van der Waals surface area contributed by atoms with Crippen molar-refractivity contribution in [3.8, 4) is 11.3 Å². The van der Waals surface area contributed by atoms with Crippen molar-refractivity contribution < 1.29 is 9.90 Å². The Morgan fingerprint density at radius 2 is 2.12 bits per heavy atom. The summed E-state index contributed by atoms with van der Waals surface area (Å²) in [5.41, 5.74) is 1.45. The van der Waals surface area contributed by atoms with E-state index in [-0.39, 0.29) is 5.56 Å². The maximum absolute atomic E-state index is 10.9. The minimum atomic E-state index is -1.13. The molecule has 1 amide bonds. The van der Waals surface area contributed by atoms with Gasteiger partial charge < -0.3 is 5.11 Å². The highest BCUT2D eigenvalue weighted by molar-refractivity contribution is 5.84. The third-order valence-electron chi connectivity index (χ3n) is 2.09. The van der Waals surface area contributed by atoms with Crippen LogP contribution in [0.1, 0.15) is 0 Å². The molecule has 0 aliphatic rings. The van der Waals surface area contributed by atoms with E-state index in [1.807, 2.05) is 0 Å². The maximum atomic E-state index is 10.9. The van der Waals surface area contributed by atoms with E-state index < -0.39 is 6.09 Å². The van der Waals surface area contributed by atoms with Crippen LogP contribution in [0.3, 0.4) is 0 Å². The minimum absolute atomic E-state index is 0.284. The lowest BCUT2D eigenvalue weighted by Gasteiger charge is -2.03. The highest BCUT2D eigenvalue weighted by atomic mass is 16.4. The topological polar surface area (TPSA) is 95.1 Å². The molecule has 0 saturated carbocycles. The molecule has 0 aliphatic heterocycles. The minimum Gasteiger partial charge on any atom is -0.465 e. The second-order valence-corrected chi connectivity index (χ2v) is 3.32. The van der Waals surface area contributed by atoms with Crippen LogP contribution in [0.4, 0.5) is 10.5 Å². The second-order valence-electron chi connectivity index (χ2n) is 3.32. The van der Waals surface area contributed by atoms with Gasteiger partial charge in [0.25, 0.3) is 5.56 Å². The predicted molar refractivity (Wildman–Crippen MR) is 61.9 cm³/mol. The van der Waals surface area contributed by atoms with Gasteiger partial charge in [0.2, 0.25) is 0 Å². The SMILES string of the molecule is O=C(O)Nc1cccc(-c2ccc(=O)[nH]n2)c1. The molecular weight excluding hydrogens is 222 g/mol. The van der Waals surface area contributed by atoms with Gasteiger partial charge in [-0.1, -0.05) is 12.1 Å². The Morgan fingerprint density at radius 1 is 1.29 bits per heavy atom. The Morgan fingerprint density at radius 3 is 2.76 bits per heavy atom. The first-order valence-corrected chi connectivity index (χ1v) is 4.81. The lowest BCUT2D eigenvalue weighted by atomic mass is 10.1. The molecule has 0 saturated heterocycles. The third-order valence-corrected chi connectivity index (χ3v) is 2.09. The first-order valence-electron chi connectivity index (χ1n) is 4.81. The summed E-state index contributed by atoms with van der Waals surface area (Å²) in [5, 5.41) is 17.0. The molecule has 0 aliphatic carbocycles. The normalized spacial score (nSPS) is 9.88. The van der Waals surface area contributed by atoms with Crippen LogP contribution in [0.25, 0.3) is 11.3 Å². The van der Waals surface area contributed by atoms with Crippen molar-refractivity contribution in [2.45, 2.75) is 0 Å². The number of hydrogen-bond acceptors (Lipinski definition) is 3. The van der Waals surface area contributed by atoms with Gasteiger partial charge in [-0.2, -0.15) is 5.10 Å². The quantitative estimate of drug-likeness (QED) is 0.730. The fraction of sp³-hybridized carbons (Fsp3) is 0. The first-order chi connectivity index (χ1) is 8.15. The van der Waals surface area contributed by atoms with Crippen LogP contribution < -0.4 is 10.9 Å². The van der Waals surface area contributed by atoms with Crippen molar-refractivity contribution in [2.75, 3.05) is 5.32 Å². The van der Waals surface area contributed by atoms with E-state index in [0.717, 1.165) is 0 Å². The number of hydrogen-bond donors (Lipinski definition) is 3. The number of nitrogens with zero attached hydrogens (tertiary/aromatic N) is 1. The van der Waals surface area contributed by atoms with E-state index in [2.05, 4.69) is 15.5 Å². The Labute approximate surface area is 95.9 Å². The average molecular weight is 231 g/mol. The van der Waals surface area contributed by atoms with Crippen molar-refractivity contribution in [3.05, 3.63) is 46.8 Å². The number of carbonyl (C=O) groups is 1. The summed E-state index contributed by atoms with van der Waals surface area (Å²) in [6.45, 7) is 0. The molecule has 0 atom stereocenters. The molecule has 2 rings (SSSR count). The van der Waals surface area contributed by atoms with Gasteiger partial charge in [0.05, 0.1) is 5.69 Å². The van der Waals surface area contributed by atoms with Crippen LogP contribution in [0.15, 0.2) is 41.2 Å². The van der Waals surface area contributed by atoms with Gasteiger partial charge in [-0.25, -0.2) is 9.89 Å². The number of nitrogens with one attached hydrogen (secondary N) is 2. The molecule has 0 fully saturated rings. The van der Waals surface area contributed by atoms with Crippen molar-refractivity contribution in [3.63, 3.8) is 0 Å². The lowest BCUT2D eigenvalue weighted by Crippen LogP contribution is -2.07. The summed E-state index contributed by atoms with van der Waals surface area (Å²) in [6.07, 6.45) is -1.13. The van der Waals surface area contributed by atoms with Crippen LogP contribution in [0, 0.1) is 0 Å². The molecule has 3 N–H and O–H groups in total. The van der Waals surface area contributed by atoms with Gasteiger partial charge in [-0.05, 0) is 18.2 Å². The number of amides is 1. The van der Waals surface area contributed by atoms with Crippen molar-refractivity contribution in [1.29, 1.82) is 0 Å². The monoisotopic (exact) mass is 231 g/mol. The molecule has 1 aromatic heterocycles. The van der Waals surface area contributed by atoms with E-state index in [1.54, 1.807) is 30.3 Å². The number of benzene rings is 1.